The first-order chi connectivity index (χ1) is 9.24. The molecule has 1 aliphatic carbocycles. The van der Waals surface area contributed by atoms with Crippen LogP contribution in [0.5, 0.6) is 0 Å². The van der Waals surface area contributed by atoms with Gasteiger partial charge in [0.1, 0.15) is 10.0 Å². The number of nitrogens with one attached hydrogen (secondary N) is 1. The fraction of sp³-hybridized carbons (Fsp3) is 0.867. The molecule has 0 spiro atoms. The van der Waals surface area contributed by atoms with Crippen molar-refractivity contribution < 1.29 is 0 Å². The normalized spacial score (nSPS) is 17.2. The summed E-state index contributed by atoms with van der Waals surface area (Å²) in [5, 5.41) is 14.4. The maximum atomic E-state index is 4.33. The van der Waals surface area contributed by atoms with E-state index in [-0.39, 0.29) is 0 Å². The molecular weight excluding hydrogens is 254 g/mol. The largest absolute Gasteiger partial charge is 0.310 e. The lowest BCUT2D eigenvalue weighted by Crippen LogP contribution is -2.18. The Hall–Kier alpha value is -0.480. The van der Waals surface area contributed by atoms with Crippen molar-refractivity contribution in [3.05, 3.63) is 10.0 Å². The van der Waals surface area contributed by atoms with Crippen LogP contribution in [-0.2, 0) is 13.0 Å². The molecular formula is C15H27N3S. The summed E-state index contributed by atoms with van der Waals surface area (Å²) in [4.78, 5) is 0. The summed E-state index contributed by atoms with van der Waals surface area (Å²) in [6.45, 7) is 6.38. The summed E-state index contributed by atoms with van der Waals surface area (Å²) in [5.74, 6) is 1.64. The molecule has 1 saturated carbocycles. The maximum Gasteiger partial charge on any atom is 0.131 e. The van der Waals surface area contributed by atoms with Gasteiger partial charge in [-0.1, -0.05) is 46.0 Å². The monoisotopic (exact) mass is 281 g/mol. The average molecular weight is 281 g/mol. The zero-order chi connectivity index (χ0) is 13.5. The summed E-state index contributed by atoms with van der Waals surface area (Å²) >= 11 is 1.79. The van der Waals surface area contributed by atoms with Crippen LogP contribution in [0.25, 0.3) is 0 Å². The SMILES string of the molecule is CC(C)CNCc1nnc(CCC2CCCCC2)s1. The van der Waals surface area contributed by atoms with Crippen molar-refractivity contribution in [2.24, 2.45) is 11.8 Å². The number of nitrogens with zero attached hydrogens (tertiary/aromatic N) is 2. The van der Waals surface area contributed by atoms with Crippen LogP contribution in [0.2, 0.25) is 0 Å². The Morgan fingerprint density at radius 2 is 1.89 bits per heavy atom. The molecule has 0 unspecified atom stereocenters. The topological polar surface area (TPSA) is 37.8 Å². The van der Waals surface area contributed by atoms with Gasteiger partial charge >= 0.3 is 0 Å². The highest BCUT2D eigenvalue weighted by molar-refractivity contribution is 7.11. The minimum absolute atomic E-state index is 0.693. The second-order valence-corrected chi connectivity index (χ2v) is 7.30. The third-order valence-corrected chi connectivity index (χ3v) is 4.81. The van der Waals surface area contributed by atoms with Crippen molar-refractivity contribution in [3.63, 3.8) is 0 Å². The standard InChI is InChI=1S/C15H27N3S/c1-12(2)10-16-11-15-18-17-14(19-15)9-8-13-6-4-3-5-7-13/h12-13,16H,3-11H2,1-2H3. The highest BCUT2D eigenvalue weighted by Crippen LogP contribution is 2.27. The molecule has 2 rings (SSSR count). The van der Waals surface area contributed by atoms with E-state index in [1.807, 2.05) is 0 Å². The molecule has 0 atom stereocenters. The van der Waals surface area contributed by atoms with E-state index in [1.54, 1.807) is 11.3 Å². The molecule has 108 valence electrons. The molecule has 4 heteroatoms. The average Bonchev–Trinajstić information content (AvgIpc) is 2.85. The fourth-order valence-corrected chi connectivity index (χ4v) is 3.56. The van der Waals surface area contributed by atoms with Gasteiger partial charge in [0.2, 0.25) is 0 Å². The van der Waals surface area contributed by atoms with E-state index in [1.165, 1.54) is 43.5 Å². The molecule has 1 aromatic heterocycles. The summed E-state index contributed by atoms with van der Waals surface area (Å²) < 4.78 is 0. The minimum atomic E-state index is 0.693. The molecule has 1 N–H and O–H groups in total. The lowest BCUT2D eigenvalue weighted by molar-refractivity contribution is 0.339. The van der Waals surface area contributed by atoms with Crippen molar-refractivity contribution in [1.82, 2.24) is 15.5 Å². The predicted molar refractivity (Wildman–Crippen MR) is 81.3 cm³/mol. The summed E-state index contributed by atoms with van der Waals surface area (Å²) in [7, 11) is 0. The van der Waals surface area contributed by atoms with E-state index < -0.39 is 0 Å². The second-order valence-electron chi connectivity index (χ2n) is 6.16. The molecule has 1 aliphatic rings. The smallest absolute Gasteiger partial charge is 0.131 e. The summed E-state index contributed by atoms with van der Waals surface area (Å²) in [6, 6.07) is 0. The molecule has 0 aliphatic heterocycles. The molecule has 1 aromatic rings. The van der Waals surface area contributed by atoms with Gasteiger partial charge in [-0.15, -0.1) is 21.5 Å². The van der Waals surface area contributed by atoms with Gasteiger partial charge in [-0.2, -0.15) is 0 Å². The van der Waals surface area contributed by atoms with E-state index in [0.717, 1.165) is 30.4 Å². The van der Waals surface area contributed by atoms with Crippen LogP contribution in [0.4, 0.5) is 0 Å². The van der Waals surface area contributed by atoms with Gasteiger partial charge in [0, 0.05) is 13.0 Å². The number of rotatable bonds is 7. The van der Waals surface area contributed by atoms with Crippen LogP contribution in [-0.4, -0.2) is 16.7 Å². The molecule has 0 radical (unpaired) electrons. The van der Waals surface area contributed by atoms with Crippen molar-refractivity contribution in [2.45, 2.75) is 65.3 Å². The first-order valence-electron chi connectivity index (χ1n) is 7.76. The highest BCUT2D eigenvalue weighted by Gasteiger charge is 2.14. The van der Waals surface area contributed by atoms with Crippen molar-refractivity contribution in [2.75, 3.05) is 6.54 Å². The van der Waals surface area contributed by atoms with Crippen molar-refractivity contribution in [1.29, 1.82) is 0 Å². The van der Waals surface area contributed by atoms with Gasteiger partial charge in [-0.05, 0) is 24.8 Å². The Morgan fingerprint density at radius 1 is 1.16 bits per heavy atom. The number of aryl methyl sites for hydroxylation is 1. The Kier molecular flexibility index (Phi) is 6.24. The van der Waals surface area contributed by atoms with Crippen LogP contribution in [0.3, 0.4) is 0 Å². The van der Waals surface area contributed by atoms with E-state index >= 15 is 0 Å². The Labute approximate surface area is 121 Å². The van der Waals surface area contributed by atoms with E-state index in [4.69, 9.17) is 0 Å². The molecule has 0 saturated heterocycles. The van der Waals surface area contributed by atoms with Gasteiger partial charge in [0.25, 0.3) is 0 Å². The Morgan fingerprint density at radius 3 is 2.63 bits per heavy atom. The lowest BCUT2D eigenvalue weighted by Gasteiger charge is -2.20. The quantitative estimate of drug-likeness (QED) is 0.826. The van der Waals surface area contributed by atoms with Crippen LogP contribution in [0.1, 0.15) is 62.4 Å². The summed E-state index contributed by atoms with van der Waals surface area (Å²) in [6.07, 6.45) is 9.63. The fourth-order valence-electron chi connectivity index (χ4n) is 2.73. The van der Waals surface area contributed by atoms with E-state index in [9.17, 15) is 0 Å². The van der Waals surface area contributed by atoms with Gasteiger partial charge < -0.3 is 5.32 Å². The van der Waals surface area contributed by atoms with Gasteiger partial charge in [-0.25, -0.2) is 0 Å². The Balaban J connectivity index is 1.68. The number of aromatic nitrogens is 2. The number of hydrogen-bond acceptors (Lipinski definition) is 4. The van der Waals surface area contributed by atoms with Gasteiger partial charge in [0.15, 0.2) is 0 Å². The molecule has 1 heterocycles. The van der Waals surface area contributed by atoms with Gasteiger partial charge in [0.05, 0.1) is 0 Å². The predicted octanol–water partition coefficient (Wildman–Crippen LogP) is 3.80. The molecule has 0 bridgehead atoms. The first kappa shape index (κ1) is 14.9. The van der Waals surface area contributed by atoms with Crippen LogP contribution in [0.15, 0.2) is 0 Å². The third kappa shape index (κ3) is 5.57. The van der Waals surface area contributed by atoms with Crippen molar-refractivity contribution >= 4 is 11.3 Å². The first-order valence-corrected chi connectivity index (χ1v) is 8.57. The lowest BCUT2D eigenvalue weighted by atomic mass is 9.86. The van der Waals surface area contributed by atoms with E-state index in [2.05, 4.69) is 29.4 Å². The Bertz CT molecular complexity index is 356. The zero-order valence-electron chi connectivity index (χ0n) is 12.3. The molecule has 0 aromatic carbocycles. The van der Waals surface area contributed by atoms with Crippen LogP contribution < -0.4 is 5.32 Å². The van der Waals surface area contributed by atoms with Gasteiger partial charge in [-0.3, -0.25) is 0 Å². The highest BCUT2D eigenvalue weighted by atomic mass is 32.1. The molecule has 19 heavy (non-hydrogen) atoms. The molecule has 1 fully saturated rings. The number of hydrogen-bond donors (Lipinski definition) is 1. The third-order valence-electron chi connectivity index (χ3n) is 3.83. The van der Waals surface area contributed by atoms with Crippen LogP contribution in [0, 0.1) is 11.8 Å². The maximum absolute atomic E-state index is 4.33. The minimum Gasteiger partial charge on any atom is -0.310 e. The second kappa shape index (κ2) is 7.95. The van der Waals surface area contributed by atoms with Crippen LogP contribution >= 0.6 is 11.3 Å². The van der Waals surface area contributed by atoms with E-state index in [0.29, 0.717) is 5.92 Å². The van der Waals surface area contributed by atoms with Crippen molar-refractivity contribution in [3.8, 4) is 0 Å². The zero-order valence-corrected chi connectivity index (χ0v) is 13.1. The molecule has 0 amide bonds. The summed E-state index contributed by atoms with van der Waals surface area (Å²) in [5.41, 5.74) is 0. The molecule has 3 nitrogen and oxygen atoms in total.